The van der Waals surface area contributed by atoms with Crippen LogP contribution < -0.4 is 0 Å². The third-order valence-corrected chi connectivity index (χ3v) is 3.72. The third kappa shape index (κ3) is 3.68. The van der Waals surface area contributed by atoms with E-state index in [-0.39, 0.29) is 18.3 Å². The van der Waals surface area contributed by atoms with Crippen LogP contribution in [0.4, 0.5) is 4.39 Å². The van der Waals surface area contributed by atoms with Crippen molar-refractivity contribution in [2.45, 2.75) is 19.8 Å². The van der Waals surface area contributed by atoms with Gasteiger partial charge in [0.05, 0.1) is 5.92 Å². The quantitative estimate of drug-likeness (QED) is 0.871. The molecule has 0 bridgehead atoms. The highest BCUT2D eigenvalue weighted by Crippen LogP contribution is 2.20. The van der Waals surface area contributed by atoms with Gasteiger partial charge in [0.15, 0.2) is 0 Å². The van der Waals surface area contributed by atoms with Crippen LogP contribution in [0.1, 0.15) is 25.3 Å². The third-order valence-electron chi connectivity index (χ3n) is 3.72. The van der Waals surface area contributed by atoms with E-state index in [0.29, 0.717) is 30.5 Å². The summed E-state index contributed by atoms with van der Waals surface area (Å²) in [4.78, 5) is 24.7. The topological polar surface area (TPSA) is 57.6 Å². The zero-order chi connectivity index (χ0) is 15.4. The molecule has 4 nitrogen and oxygen atoms in total. The molecule has 1 N–H and O–H groups in total. The SMILES string of the molecule is CC(=CC(=O)N1CCCC(C(=O)O)C1)c1ccccc1F. The van der Waals surface area contributed by atoms with Gasteiger partial charge in [-0.15, -0.1) is 0 Å². The maximum Gasteiger partial charge on any atom is 0.308 e. The summed E-state index contributed by atoms with van der Waals surface area (Å²) >= 11 is 0. The Hall–Kier alpha value is -2.17. The first-order chi connectivity index (χ1) is 9.99. The van der Waals surface area contributed by atoms with Crippen LogP contribution in [0, 0.1) is 11.7 Å². The predicted molar refractivity (Wildman–Crippen MR) is 77.0 cm³/mol. The maximum absolute atomic E-state index is 13.7. The first-order valence-corrected chi connectivity index (χ1v) is 6.94. The number of likely N-dealkylation sites (tertiary alicyclic amines) is 1. The van der Waals surface area contributed by atoms with Gasteiger partial charge in [-0.1, -0.05) is 18.2 Å². The largest absolute Gasteiger partial charge is 0.481 e. The molecule has 0 aromatic heterocycles. The minimum atomic E-state index is -0.873. The molecule has 1 fully saturated rings. The number of amides is 1. The van der Waals surface area contributed by atoms with Crippen molar-refractivity contribution in [3.63, 3.8) is 0 Å². The van der Waals surface area contributed by atoms with Crippen molar-refractivity contribution in [1.29, 1.82) is 0 Å². The second-order valence-electron chi connectivity index (χ2n) is 5.27. The number of allylic oxidation sites excluding steroid dienone is 1. The zero-order valence-electron chi connectivity index (χ0n) is 11.9. The van der Waals surface area contributed by atoms with E-state index >= 15 is 0 Å². The lowest BCUT2D eigenvalue weighted by Gasteiger charge is -2.30. The molecular formula is C16H18FNO3. The fraction of sp³-hybridized carbons (Fsp3) is 0.375. The van der Waals surface area contributed by atoms with Crippen LogP contribution in [0.5, 0.6) is 0 Å². The predicted octanol–water partition coefficient (Wildman–Crippen LogP) is 2.55. The number of hydrogen-bond acceptors (Lipinski definition) is 2. The van der Waals surface area contributed by atoms with Gasteiger partial charge in [-0.05, 0) is 31.4 Å². The highest BCUT2D eigenvalue weighted by molar-refractivity contribution is 5.95. The highest BCUT2D eigenvalue weighted by Gasteiger charge is 2.27. The summed E-state index contributed by atoms with van der Waals surface area (Å²) in [5.74, 6) is -2.02. The van der Waals surface area contributed by atoms with E-state index in [1.54, 1.807) is 25.1 Å². The van der Waals surface area contributed by atoms with E-state index in [1.165, 1.54) is 17.0 Å². The van der Waals surface area contributed by atoms with Crippen LogP contribution >= 0.6 is 0 Å². The van der Waals surface area contributed by atoms with E-state index in [1.807, 2.05) is 0 Å². The van der Waals surface area contributed by atoms with Crippen LogP contribution in [0.15, 0.2) is 30.3 Å². The monoisotopic (exact) mass is 291 g/mol. The van der Waals surface area contributed by atoms with Gasteiger partial charge < -0.3 is 10.0 Å². The van der Waals surface area contributed by atoms with Crippen molar-refractivity contribution in [2.24, 2.45) is 5.92 Å². The Labute approximate surface area is 122 Å². The summed E-state index contributed by atoms with van der Waals surface area (Å²) in [6, 6.07) is 6.26. The summed E-state index contributed by atoms with van der Waals surface area (Å²) in [5, 5.41) is 9.03. The Morgan fingerprint density at radius 1 is 1.38 bits per heavy atom. The number of nitrogens with zero attached hydrogens (tertiary/aromatic N) is 1. The smallest absolute Gasteiger partial charge is 0.308 e. The number of aliphatic carboxylic acids is 1. The van der Waals surface area contributed by atoms with E-state index < -0.39 is 11.9 Å². The summed E-state index contributed by atoms with van der Waals surface area (Å²) in [6.07, 6.45) is 2.65. The summed E-state index contributed by atoms with van der Waals surface area (Å²) < 4.78 is 13.7. The number of hydrogen-bond donors (Lipinski definition) is 1. The van der Waals surface area contributed by atoms with Gasteiger partial charge in [0.2, 0.25) is 5.91 Å². The maximum atomic E-state index is 13.7. The lowest BCUT2D eigenvalue weighted by atomic mass is 9.98. The van der Waals surface area contributed by atoms with Gasteiger partial charge in [0.25, 0.3) is 0 Å². The van der Waals surface area contributed by atoms with Gasteiger partial charge in [0, 0.05) is 24.7 Å². The lowest BCUT2D eigenvalue weighted by molar-refractivity contribution is -0.144. The molecule has 1 aliphatic heterocycles. The second-order valence-corrected chi connectivity index (χ2v) is 5.27. The molecule has 1 aromatic rings. The minimum absolute atomic E-state index is 0.217. The minimum Gasteiger partial charge on any atom is -0.481 e. The number of halogens is 1. The van der Waals surface area contributed by atoms with E-state index in [2.05, 4.69) is 0 Å². The van der Waals surface area contributed by atoms with Gasteiger partial charge in [-0.3, -0.25) is 9.59 Å². The molecule has 21 heavy (non-hydrogen) atoms. The first kappa shape index (κ1) is 15.2. The Balaban J connectivity index is 2.11. The molecule has 1 aliphatic rings. The number of rotatable bonds is 3. The van der Waals surface area contributed by atoms with Crippen LogP contribution in [-0.2, 0) is 9.59 Å². The molecule has 0 aliphatic carbocycles. The summed E-state index contributed by atoms with van der Waals surface area (Å²) in [6.45, 7) is 2.44. The first-order valence-electron chi connectivity index (χ1n) is 6.94. The molecule has 112 valence electrons. The molecule has 2 rings (SSSR count). The van der Waals surface area contributed by atoms with Crippen molar-refractivity contribution in [1.82, 2.24) is 4.90 Å². The number of piperidine rings is 1. The summed E-state index contributed by atoms with van der Waals surface area (Å²) in [5.41, 5.74) is 0.924. The van der Waals surface area contributed by atoms with Crippen LogP contribution in [0.2, 0.25) is 0 Å². The highest BCUT2D eigenvalue weighted by atomic mass is 19.1. The van der Waals surface area contributed by atoms with E-state index in [4.69, 9.17) is 5.11 Å². The molecule has 1 amide bonds. The average Bonchev–Trinajstić information content (AvgIpc) is 2.47. The average molecular weight is 291 g/mol. The van der Waals surface area contributed by atoms with Gasteiger partial charge in [0.1, 0.15) is 5.82 Å². The number of carbonyl (C=O) groups is 2. The number of benzene rings is 1. The number of carboxylic acid groups (broad SMARTS) is 1. The molecule has 0 radical (unpaired) electrons. The fourth-order valence-electron chi connectivity index (χ4n) is 2.51. The van der Waals surface area contributed by atoms with Crippen LogP contribution in [0.3, 0.4) is 0 Å². The number of carboxylic acids is 1. The Morgan fingerprint density at radius 2 is 2.10 bits per heavy atom. The van der Waals surface area contributed by atoms with E-state index in [0.717, 1.165) is 0 Å². The van der Waals surface area contributed by atoms with Crippen molar-refractivity contribution in [3.8, 4) is 0 Å². The Morgan fingerprint density at radius 3 is 2.76 bits per heavy atom. The van der Waals surface area contributed by atoms with Crippen LogP contribution in [0.25, 0.3) is 5.57 Å². The molecule has 1 atom stereocenters. The molecule has 1 unspecified atom stereocenters. The number of carbonyl (C=O) groups excluding carboxylic acids is 1. The molecule has 0 spiro atoms. The Bertz CT molecular complexity index is 583. The van der Waals surface area contributed by atoms with Gasteiger partial charge in [-0.25, -0.2) is 4.39 Å². The fourth-order valence-corrected chi connectivity index (χ4v) is 2.51. The standard InChI is InChI=1S/C16H18FNO3/c1-11(13-6-2-3-7-14(13)17)9-15(19)18-8-4-5-12(10-18)16(20)21/h2-3,6-7,9,12H,4-5,8,10H2,1H3,(H,20,21). The van der Waals surface area contributed by atoms with Crippen LogP contribution in [-0.4, -0.2) is 35.0 Å². The van der Waals surface area contributed by atoms with Gasteiger partial charge in [-0.2, -0.15) is 0 Å². The second kappa shape index (κ2) is 6.52. The van der Waals surface area contributed by atoms with Crippen molar-refractivity contribution < 1.29 is 19.1 Å². The molecule has 1 saturated heterocycles. The molecule has 1 heterocycles. The molecule has 1 aromatic carbocycles. The van der Waals surface area contributed by atoms with Crippen molar-refractivity contribution in [3.05, 3.63) is 41.7 Å². The summed E-state index contributed by atoms with van der Waals surface area (Å²) in [7, 11) is 0. The van der Waals surface area contributed by atoms with Crippen molar-refractivity contribution >= 4 is 17.4 Å². The van der Waals surface area contributed by atoms with E-state index in [9.17, 15) is 14.0 Å². The Kier molecular flexibility index (Phi) is 4.73. The molecule has 5 heteroatoms. The van der Waals surface area contributed by atoms with Gasteiger partial charge >= 0.3 is 5.97 Å². The molecular weight excluding hydrogens is 273 g/mol. The molecule has 0 saturated carbocycles. The lowest BCUT2D eigenvalue weighted by Crippen LogP contribution is -2.41. The zero-order valence-corrected chi connectivity index (χ0v) is 11.9. The van der Waals surface area contributed by atoms with Crippen molar-refractivity contribution in [2.75, 3.05) is 13.1 Å². The normalized spacial score (nSPS) is 19.4.